The Morgan fingerprint density at radius 1 is 0.690 bits per heavy atom. The molecule has 0 spiro atoms. The lowest BCUT2D eigenvalue weighted by Crippen LogP contribution is -2.38. The van der Waals surface area contributed by atoms with Crippen LogP contribution in [0.1, 0.15) is 36.8 Å². The first-order chi connectivity index (χ1) is 20.8. The second-order valence-electron chi connectivity index (χ2n) is 11.8. The highest BCUT2D eigenvalue weighted by Crippen LogP contribution is 2.49. The van der Waals surface area contributed by atoms with E-state index in [-0.39, 0.29) is 0 Å². The topological polar surface area (TPSA) is 55.8 Å². The molecule has 2 heterocycles. The quantitative estimate of drug-likeness (QED) is 0.214. The third-order valence-corrected chi connectivity index (χ3v) is 9.70. The van der Waals surface area contributed by atoms with Crippen LogP contribution in [-0.4, -0.2) is 16.7 Å². The van der Waals surface area contributed by atoms with Gasteiger partial charge in [-0.15, -0.1) is 0 Å². The number of nitrogens with zero attached hydrogens (tertiary/aromatic N) is 4. The largest absolute Gasteiger partial charge is 0.361 e. The van der Waals surface area contributed by atoms with Gasteiger partial charge in [0.25, 0.3) is 0 Å². The van der Waals surface area contributed by atoms with E-state index in [1.165, 1.54) is 17.2 Å². The molecule has 2 aliphatic carbocycles. The molecule has 1 aromatic heterocycles. The Morgan fingerprint density at radius 3 is 2.19 bits per heavy atom. The van der Waals surface area contributed by atoms with Crippen molar-refractivity contribution in [3.05, 3.63) is 120 Å². The zero-order chi connectivity index (χ0) is 28.2. The van der Waals surface area contributed by atoms with Crippen LogP contribution in [0.5, 0.6) is 0 Å². The Labute approximate surface area is 246 Å². The summed E-state index contributed by atoms with van der Waals surface area (Å²) in [4.78, 5) is 2.63. The van der Waals surface area contributed by atoms with Crippen LogP contribution in [0, 0.1) is 34.5 Å². The highest BCUT2D eigenvalue weighted by Gasteiger charge is 2.48. The number of benzene rings is 4. The minimum absolute atomic E-state index is 0.319. The molecule has 4 nitrogen and oxygen atoms in total. The highest BCUT2D eigenvalue weighted by molar-refractivity contribution is 6.09. The highest BCUT2D eigenvalue weighted by atomic mass is 15.2. The third-order valence-electron chi connectivity index (χ3n) is 9.70. The Hall–Kier alpha value is -5.06. The van der Waals surface area contributed by atoms with Crippen molar-refractivity contribution < 1.29 is 0 Å². The molecule has 0 saturated carbocycles. The molecule has 0 bridgehead atoms. The molecule has 0 N–H and O–H groups in total. The lowest BCUT2D eigenvalue weighted by Gasteiger charge is -2.35. The van der Waals surface area contributed by atoms with Gasteiger partial charge in [-0.3, -0.25) is 0 Å². The first-order valence-electron chi connectivity index (χ1n) is 15.0. The molecular weight excluding hydrogens is 512 g/mol. The molecule has 0 amide bonds. The molecule has 1 aliphatic heterocycles. The van der Waals surface area contributed by atoms with E-state index in [1.807, 2.05) is 12.1 Å². The Bertz CT molecular complexity index is 1960. The molecule has 4 aromatic carbocycles. The van der Waals surface area contributed by atoms with Gasteiger partial charge in [-0.1, -0.05) is 72.8 Å². The molecular formula is C38H30N4. The van der Waals surface area contributed by atoms with E-state index >= 15 is 0 Å². The molecule has 202 valence electrons. The summed E-state index contributed by atoms with van der Waals surface area (Å²) in [6.07, 6.45) is 14.1. The number of nitriles is 2. The molecule has 5 aromatic rings. The first-order valence-corrected chi connectivity index (χ1v) is 15.0. The van der Waals surface area contributed by atoms with E-state index in [9.17, 15) is 10.5 Å². The van der Waals surface area contributed by atoms with Gasteiger partial charge in [0, 0.05) is 34.0 Å². The SMILES string of the molecule is N#Cc1ccc(-c2ccc(C#N)c(-n3c4ccccc4c4ccccc43)c2)c(N2C3C=CCCC3C3C=CCCC32)c1. The lowest BCUT2D eigenvalue weighted by atomic mass is 9.78. The van der Waals surface area contributed by atoms with Gasteiger partial charge in [-0.25, -0.2) is 0 Å². The average molecular weight is 543 g/mol. The van der Waals surface area contributed by atoms with E-state index in [4.69, 9.17) is 0 Å². The molecule has 1 fully saturated rings. The van der Waals surface area contributed by atoms with Crippen molar-refractivity contribution in [3.63, 3.8) is 0 Å². The van der Waals surface area contributed by atoms with Crippen molar-refractivity contribution in [1.29, 1.82) is 10.5 Å². The van der Waals surface area contributed by atoms with E-state index in [0.29, 0.717) is 35.0 Å². The van der Waals surface area contributed by atoms with Crippen LogP contribution in [0.3, 0.4) is 0 Å². The summed E-state index contributed by atoms with van der Waals surface area (Å²) >= 11 is 0. The fourth-order valence-electron chi connectivity index (χ4n) is 7.93. The molecule has 4 unspecified atom stereocenters. The third kappa shape index (κ3) is 3.65. The Morgan fingerprint density at radius 2 is 1.43 bits per heavy atom. The molecule has 4 atom stereocenters. The fraction of sp³-hybridized carbons (Fsp3) is 0.211. The summed E-state index contributed by atoms with van der Waals surface area (Å²) in [5.74, 6) is 1.12. The van der Waals surface area contributed by atoms with Crippen molar-refractivity contribution in [2.75, 3.05) is 4.90 Å². The van der Waals surface area contributed by atoms with Crippen LogP contribution in [0.15, 0.2) is 109 Å². The second-order valence-corrected chi connectivity index (χ2v) is 11.8. The zero-order valence-electron chi connectivity index (χ0n) is 23.3. The number of rotatable bonds is 3. The fourth-order valence-corrected chi connectivity index (χ4v) is 7.93. The van der Waals surface area contributed by atoms with Crippen LogP contribution in [0.2, 0.25) is 0 Å². The van der Waals surface area contributed by atoms with Gasteiger partial charge < -0.3 is 9.47 Å². The maximum Gasteiger partial charge on any atom is 0.101 e. The van der Waals surface area contributed by atoms with Gasteiger partial charge in [0.05, 0.1) is 40.0 Å². The average Bonchev–Trinajstić information content (AvgIpc) is 3.57. The molecule has 4 heteroatoms. The Balaban J connectivity index is 1.35. The van der Waals surface area contributed by atoms with Crippen LogP contribution >= 0.6 is 0 Å². The van der Waals surface area contributed by atoms with Crippen LogP contribution in [-0.2, 0) is 0 Å². The van der Waals surface area contributed by atoms with Gasteiger partial charge in [0.15, 0.2) is 0 Å². The molecule has 3 aliphatic rings. The smallest absolute Gasteiger partial charge is 0.101 e. The van der Waals surface area contributed by atoms with Crippen molar-refractivity contribution in [1.82, 2.24) is 4.57 Å². The van der Waals surface area contributed by atoms with Gasteiger partial charge in [-0.05, 0) is 73.6 Å². The van der Waals surface area contributed by atoms with Gasteiger partial charge in [0.1, 0.15) is 6.07 Å². The standard InChI is InChI=1S/C38H30N4/c39-23-25-17-20-28(38(21-25)42-35-15-7-3-11-31(35)32-12-4-8-16-36(32)42)26-18-19-27(24-40)37(22-26)41-33-13-5-1-9-29(33)30-10-2-6-14-34(30)41/h1-3,5-6,8-11,13-14,16-22,31-32,35-36H,4,7,12,15H2. The molecule has 8 rings (SSSR count). The summed E-state index contributed by atoms with van der Waals surface area (Å²) in [6.45, 7) is 0. The normalized spacial score (nSPS) is 22.6. The van der Waals surface area contributed by atoms with E-state index < -0.39 is 0 Å². The number of allylic oxidation sites excluding steroid dienone is 2. The van der Waals surface area contributed by atoms with Crippen molar-refractivity contribution >= 4 is 27.5 Å². The predicted octanol–water partition coefficient (Wildman–Crippen LogP) is 8.68. The van der Waals surface area contributed by atoms with Gasteiger partial charge in [-0.2, -0.15) is 10.5 Å². The lowest BCUT2D eigenvalue weighted by molar-refractivity contribution is 0.374. The van der Waals surface area contributed by atoms with E-state index in [1.54, 1.807) is 0 Å². The summed E-state index contributed by atoms with van der Waals surface area (Å²) in [5, 5.41) is 22.5. The minimum Gasteiger partial charge on any atom is -0.361 e. The first kappa shape index (κ1) is 24.7. The predicted molar refractivity (Wildman–Crippen MR) is 169 cm³/mol. The summed E-state index contributed by atoms with van der Waals surface area (Å²) in [6, 6.07) is 34.7. The number of hydrogen-bond donors (Lipinski definition) is 0. The number of aromatic nitrogens is 1. The molecule has 1 saturated heterocycles. The maximum atomic E-state index is 10.3. The summed E-state index contributed by atoms with van der Waals surface area (Å²) < 4.78 is 2.23. The number of hydrogen-bond acceptors (Lipinski definition) is 3. The van der Waals surface area contributed by atoms with E-state index in [2.05, 4.69) is 119 Å². The molecule has 42 heavy (non-hydrogen) atoms. The van der Waals surface area contributed by atoms with Crippen LogP contribution in [0.4, 0.5) is 5.69 Å². The zero-order valence-corrected chi connectivity index (χ0v) is 23.3. The number of anilines is 1. The van der Waals surface area contributed by atoms with Crippen molar-refractivity contribution in [2.24, 2.45) is 11.8 Å². The van der Waals surface area contributed by atoms with Gasteiger partial charge in [0.2, 0.25) is 0 Å². The van der Waals surface area contributed by atoms with Crippen molar-refractivity contribution in [3.8, 4) is 29.0 Å². The van der Waals surface area contributed by atoms with Crippen molar-refractivity contribution in [2.45, 2.75) is 37.8 Å². The maximum absolute atomic E-state index is 10.3. The summed E-state index contributed by atoms with van der Waals surface area (Å²) in [7, 11) is 0. The number of fused-ring (bicyclic) bond motifs is 6. The van der Waals surface area contributed by atoms with Crippen LogP contribution in [0.25, 0.3) is 38.6 Å². The second kappa shape index (κ2) is 9.79. The van der Waals surface area contributed by atoms with Gasteiger partial charge >= 0.3 is 0 Å². The monoisotopic (exact) mass is 542 g/mol. The van der Waals surface area contributed by atoms with E-state index in [0.717, 1.165) is 52.8 Å². The minimum atomic E-state index is 0.319. The Kier molecular flexibility index (Phi) is 5.76. The number of para-hydroxylation sites is 2. The van der Waals surface area contributed by atoms with Crippen LogP contribution < -0.4 is 4.90 Å². The molecule has 0 radical (unpaired) electrons. The summed E-state index contributed by atoms with van der Waals surface area (Å²) in [5.41, 5.74) is 7.63.